The molecule has 0 unspecified atom stereocenters. The molecule has 0 aliphatic carbocycles. The molecular weight excluding hydrogens is 204 g/mol. The van der Waals surface area contributed by atoms with Gasteiger partial charge < -0.3 is 0 Å². The lowest BCUT2D eigenvalue weighted by Crippen LogP contribution is -1.88. The summed E-state index contributed by atoms with van der Waals surface area (Å²) in [5.41, 5.74) is 3.93. The Kier molecular flexibility index (Phi) is 3.77. The van der Waals surface area contributed by atoms with Crippen LogP contribution in [0.1, 0.15) is 29.5 Å². The summed E-state index contributed by atoms with van der Waals surface area (Å²) in [6, 6.07) is 19.2. The van der Waals surface area contributed by atoms with Crippen molar-refractivity contribution in [3.05, 3.63) is 77.4 Å². The highest BCUT2D eigenvalue weighted by Crippen LogP contribution is 2.18. The molecular formula is C17H18. The van der Waals surface area contributed by atoms with Gasteiger partial charge in [0.15, 0.2) is 0 Å². The van der Waals surface area contributed by atoms with Gasteiger partial charge in [0.25, 0.3) is 0 Å². The van der Waals surface area contributed by atoms with Crippen LogP contribution in [0.3, 0.4) is 0 Å². The maximum absolute atomic E-state index is 2.25. The molecule has 2 rings (SSSR count). The van der Waals surface area contributed by atoms with Gasteiger partial charge in [-0.25, -0.2) is 0 Å². The fourth-order valence-electron chi connectivity index (χ4n) is 1.80. The lowest BCUT2D eigenvalue weighted by Gasteiger charge is -2.06. The second-order valence-electron chi connectivity index (χ2n) is 4.47. The summed E-state index contributed by atoms with van der Waals surface area (Å²) in [5.74, 6) is 0.454. The highest BCUT2D eigenvalue weighted by atomic mass is 14.0. The molecule has 0 aliphatic heterocycles. The predicted octanol–water partition coefficient (Wildman–Crippen LogP) is 4.81. The fraction of sp³-hybridized carbons (Fsp3) is 0.176. The molecule has 0 radical (unpaired) electrons. The van der Waals surface area contributed by atoms with Crippen LogP contribution in [-0.2, 0) is 0 Å². The van der Waals surface area contributed by atoms with Crippen LogP contribution in [0.2, 0.25) is 0 Å². The lowest BCUT2D eigenvalue weighted by atomic mass is 9.99. The molecule has 0 spiro atoms. The van der Waals surface area contributed by atoms with E-state index in [0.29, 0.717) is 5.92 Å². The molecule has 0 aromatic heterocycles. The SMILES string of the molecule is Cc1ccc([C@H](C)/C=C/c2ccccc2)cc1. The summed E-state index contributed by atoms with van der Waals surface area (Å²) in [5, 5.41) is 0. The molecule has 0 amide bonds. The minimum Gasteiger partial charge on any atom is -0.0767 e. The van der Waals surface area contributed by atoms with Crippen molar-refractivity contribution in [1.29, 1.82) is 0 Å². The predicted molar refractivity (Wildman–Crippen MR) is 75.1 cm³/mol. The van der Waals surface area contributed by atoms with E-state index >= 15 is 0 Å². The van der Waals surface area contributed by atoms with Crippen molar-refractivity contribution in [2.75, 3.05) is 0 Å². The third-order valence-corrected chi connectivity index (χ3v) is 2.98. The van der Waals surface area contributed by atoms with E-state index in [-0.39, 0.29) is 0 Å². The number of benzene rings is 2. The van der Waals surface area contributed by atoms with Gasteiger partial charge in [-0.15, -0.1) is 0 Å². The Bertz CT molecular complexity index is 477. The van der Waals surface area contributed by atoms with Crippen LogP contribution in [0.5, 0.6) is 0 Å². The minimum absolute atomic E-state index is 0.454. The molecule has 0 fully saturated rings. The van der Waals surface area contributed by atoms with E-state index in [0.717, 1.165) is 0 Å². The quantitative estimate of drug-likeness (QED) is 0.699. The maximum Gasteiger partial charge on any atom is -0.000710 e. The van der Waals surface area contributed by atoms with Crippen LogP contribution in [0.4, 0.5) is 0 Å². The monoisotopic (exact) mass is 222 g/mol. The van der Waals surface area contributed by atoms with Crippen LogP contribution in [-0.4, -0.2) is 0 Å². The molecule has 0 heteroatoms. The first-order chi connectivity index (χ1) is 8.25. The zero-order chi connectivity index (χ0) is 12.1. The van der Waals surface area contributed by atoms with Crippen LogP contribution in [0.15, 0.2) is 60.7 Å². The smallest absolute Gasteiger partial charge is 0.000710 e. The van der Waals surface area contributed by atoms with E-state index in [4.69, 9.17) is 0 Å². The molecule has 0 aliphatic rings. The molecule has 0 saturated carbocycles. The second kappa shape index (κ2) is 5.49. The van der Waals surface area contributed by atoms with Crippen molar-refractivity contribution in [2.45, 2.75) is 19.8 Å². The van der Waals surface area contributed by atoms with Crippen LogP contribution < -0.4 is 0 Å². The summed E-state index contributed by atoms with van der Waals surface area (Å²) < 4.78 is 0. The second-order valence-corrected chi connectivity index (χ2v) is 4.47. The summed E-state index contributed by atoms with van der Waals surface area (Å²) in [6.07, 6.45) is 4.44. The van der Waals surface area contributed by atoms with Gasteiger partial charge in [0.2, 0.25) is 0 Å². The molecule has 2 aromatic carbocycles. The van der Waals surface area contributed by atoms with E-state index in [2.05, 4.69) is 74.5 Å². The van der Waals surface area contributed by atoms with Crippen molar-refractivity contribution in [3.63, 3.8) is 0 Å². The molecule has 1 atom stereocenters. The molecule has 86 valence electrons. The first kappa shape index (κ1) is 11.7. The Hall–Kier alpha value is -1.82. The average molecular weight is 222 g/mol. The first-order valence-corrected chi connectivity index (χ1v) is 6.05. The molecule has 0 N–H and O–H groups in total. The highest BCUT2D eigenvalue weighted by Gasteiger charge is 1.99. The van der Waals surface area contributed by atoms with Crippen LogP contribution in [0, 0.1) is 6.92 Å². The van der Waals surface area contributed by atoms with Crippen molar-refractivity contribution >= 4 is 6.08 Å². The van der Waals surface area contributed by atoms with Gasteiger partial charge in [-0.1, -0.05) is 79.2 Å². The number of hydrogen-bond donors (Lipinski definition) is 0. The van der Waals surface area contributed by atoms with Crippen LogP contribution >= 0.6 is 0 Å². The first-order valence-electron chi connectivity index (χ1n) is 6.05. The third-order valence-electron chi connectivity index (χ3n) is 2.98. The highest BCUT2D eigenvalue weighted by molar-refractivity contribution is 5.50. The summed E-state index contributed by atoms with van der Waals surface area (Å²) in [6.45, 7) is 4.35. The van der Waals surface area contributed by atoms with Gasteiger partial charge in [-0.2, -0.15) is 0 Å². The molecule has 0 heterocycles. The average Bonchev–Trinajstić information content (AvgIpc) is 2.38. The summed E-state index contributed by atoms with van der Waals surface area (Å²) in [7, 11) is 0. The standard InChI is InChI=1S/C17H18/c1-14-8-12-17(13-9-14)15(2)10-11-16-6-4-3-5-7-16/h3-13,15H,1-2H3/b11-10+/t15-/m1/s1. The maximum atomic E-state index is 2.25. The number of aryl methyl sites for hydroxylation is 1. The van der Waals surface area contributed by atoms with Crippen molar-refractivity contribution < 1.29 is 0 Å². The van der Waals surface area contributed by atoms with Gasteiger partial charge in [0.05, 0.1) is 0 Å². The number of allylic oxidation sites excluding steroid dienone is 1. The van der Waals surface area contributed by atoms with Gasteiger partial charge in [0.1, 0.15) is 0 Å². The Morgan fingerprint density at radius 2 is 1.53 bits per heavy atom. The zero-order valence-corrected chi connectivity index (χ0v) is 10.4. The van der Waals surface area contributed by atoms with E-state index < -0.39 is 0 Å². The Balaban J connectivity index is 2.09. The van der Waals surface area contributed by atoms with E-state index in [1.54, 1.807) is 0 Å². The van der Waals surface area contributed by atoms with Crippen molar-refractivity contribution in [3.8, 4) is 0 Å². The van der Waals surface area contributed by atoms with Gasteiger partial charge in [0, 0.05) is 0 Å². The number of hydrogen-bond acceptors (Lipinski definition) is 0. The topological polar surface area (TPSA) is 0 Å². The largest absolute Gasteiger partial charge is 0.0767 e. The van der Waals surface area contributed by atoms with E-state index in [9.17, 15) is 0 Å². The normalized spacial score (nSPS) is 12.8. The van der Waals surface area contributed by atoms with Crippen molar-refractivity contribution in [2.24, 2.45) is 0 Å². The summed E-state index contributed by atoms with van der Waals surface area (Å²) in [4.78, 5) is 0. The van der Waals surface area contributed by atoms with Crippen LogP contribution in [0.25, 0.3) is 6.08 Å². The lowest BCUT2D eigenvalue weighted by molar-refractivity contribution is 0.971. The Labute approximate surface area is 104 Å². The Morgan fingerprint density at radius 3 is 2.18 bits per heavy atom. The van der Waals surface area contributed by atoms with Crippen molar-refractivity contribution in [1.82, 2.24) is 0 Å². The fourth-order valence-corrected chi connectivity index (χ4v) is 1.80. The molecule has 0 bridgehead atoms. The summed E-state index contributed by atoms with van der Waals surface area (Å²) >= 11 is 0. The molecule has 2 aromatic rings. The third kappa shape index (κ3) is 3.32. The molecule has 0 saturated heterocycles. The minimum atomic E-state index is 0.454. The zero-order valence-electron chi connectivity index (χ0n) is 10.4. The molecule has 17 heavy (non-hydrogen) atoms. The van der Waals surface area contributed by atoms with Gasteiger partial charge in [-0.05, 0) is 24.0 Å². The Morgan fingerprint density at radius 1 is 0.882 bits per heavy atom. The number of rotatable bonds is 3. The van der Waals surface area contributed by atoms with E-state index in [1.807, 2.05) is 6.07 Å². The van der Waals surface area contributed by atoms with Gasteiger partial charge >= 0.3 is 0 Å². The van der Waals surface area contributed by atoms with Gasteiger partial charge in [-0.3, -0.25) is 0 Å². The molecule has 0 nitrogen and oxygen atoms in total. The van der Waals surface area contributed by atoms with E-state index in [1.165, 1.54) is 16.7 Å².